The van der Waals surface area contributed by atoms with Crippen molar-refractivity contribution in [2.24, 2.45) is 0 Å². The third kappa shape index (κ3) is 3.17. The fraction of sp³-hybridized carbons (Fsp3) is 0.500. The minimum atomic E-state index is -0.838. The van der Waals surface area contributed by atoms with Crippen LogP contribution in [0, 0.1) is 0 Å². The first-order valence-electron chi connectivity index (χ1n) is 7.30. The summed E-state index contributed by atoms with van der Waals surface area (Å²) in [7, 11) is 0. The van der Waals surface area contributed by atoms with Gasteiger partial charge in [-0.25, -0.2) is 0 Å². The average Bonchev–Trinajstić information content (AvgIpc) is 2.47. The summed E-state index contributed by atoms with van der Waals surface area (Å²) in [5.74, 6) is 0.416. The van der Waals surface area contributed by atoms with Gasteiger partial charge in [-0.1, -0.05) is 13.0 Å². The Labute approximate surface area is 125 Å². The molecule has 0 atom stereocenters. The first kappa shape index (κ1) is 15.4. The van der Waals surface area contributed by atoms with Gasteiger partial charge in [0.2, 0.25) is 5.91 Å². The van der Waals surface area contributed by atoms with E-state index in [2.05, 4.69) is 5.32 Å². The molecule has 5 nitrogen and oxygen atoms in total. The molecule has 1 saturated heterocycles. The summed E-state index contributed by atoms with van der Waals surface area (Å²) in [5, 5.41) is 2.79. The molecule has 1 heterocycles. The van der Waals surface area contributed by atoms with Gasteiger partial charge in [0.05, 0.1) is 6.61 Å². The average molecular weight is 290 g/mol. The summed E-state index contributed by atoms with van der Waals surface area (Å²) < 4.78 is 5.56. The minimum absolute atomic E-state index is 0.125. The molecule has 0 radical (unpaired) electrons. The van der Waals surface area contributed by atoms with Gasteiger partial charge in [0.1, 0.15) is 11.3 Å². The van der Waals surface area contributed by atoms with Crippen molar-refractivity contribution in [2.45, 2.75) is 32.7 Å². The maximum Gasteiger partial charge on any atom is 0.254 e. The number of nitrogens with zero attached hydrogens (tertiary/aromatic N) is 1. The quantitative estimate of drug-likeness (QED) is 0.920. The highest BCUT2D eigenvalue weighted by atomic mass is 16.5. The third-order valence-corrected chi connectivity index (χ3v) is 3.65. The van der Waals surface area contributed by atoms with Crippen molar-refractivity contribution in [3.05, 3.63) is 29.8 Å². The van der Waals surface area contributed by atoms with E-state index in [0.717, 1.165) is 6.42 Å². The Morgan fingerprint density at radius 3 is 2.90 bits per heavy atom. The van der Waals surface area contributed by atoms with Crippen LogP contribution >= 0.6 is 0 Å². The molecule has 0 bridgehead atoms. The van der Waals surface area contributed by atoms with Gasteiger partial charge in [0, 0.05) is 18.7 Å². The normalized spacial score (nSPS) is 17.3. The SMILES string of the molecule is CCCOc1cccc(C(=O)N2CCNC(=O)C2(C)C)c1. The van der Waals surface area contributed by atoms with Crippen LogP contribution in [-0.4, -0.2) is 41.9 Å². The molecule has 0 unspecified atom stereocenters. The lowest BCUT2D eigenvalue weighted by Crippen LogP contribution is -2.63. The Morgan fingerprint density at radius 2 is 2.19 bits per heavy atom. The zero-order chi connectivity index (χ0) is 15.5. The second kappa shape index (κ2) is 6.16. The molecule has 1 aliphatic rings. The van der Waals surface area contributed by atoms with Crippen molar-refractivity contribution in [3.63, 3.8) is 0 Å². The molecular weight excluding hydrogens is 268 g/mol. The van der Waals surface area contributed by atoms with Crippen LogP contribution in [0.4, 0.5) is 0 Å². The summed E-state index contributed by atoms with van der Waals surface area (Å²) in [4.78, 5) is 26.2. The van der Waals surface area contributed by atoms with Gasteiger partial charge in [0.15, 0.2) is 0 Å². The Morgan fingerprint density at radius 1 is 1.43 bits per heavy atom. The molecule has 21 heavy (non-hydrogen) atoms. The van der Waals surface area contributed by atoms with Gasteiger partial charge in [-0.2, -0.15) is 0 Å². The smallest absolute Gasteiger partial charge is 0.254 e. The summed E-state index contributed by atoms with van der Waals surface area (Å²) >= 11 is 0. The lowest BCUT2D eigenvalue weighted by molar-refractivity contribution is -0.133. The highest BCUT2D eigenvalue weighted by Crippen LogP contribution is 2.22. The number of benzene rings is 1. The zero-order valence-electron chi connectivity index (χ0n) is 12.8. The van der Waals surface area contributed by atoms with Crippen LogP contribution in [0.2, 0.25) is 0 Å². The molecule has 1 N–H and O–H groups in total. The van der Waals surface area contributed by atoms with E-state index in [1.165, 1.54) is 0 Å². The monoisotopic (exact) mass is 290 g/mol. The second-order valence-electron chi connectivity index (χ2n) is 5.65. The maximum atomic E-state index is 12.7. The van der Waals surface area contributed by atoms with Crippen LogP contribution in [-0.2, 0) is 4.79 Å². The predicted molar refractivity (Wildman–Crippen MR) is 80.4 cm³/mol. The van der Waals surface area contributed by atoms with Gasteiger partial charge < -0.3 is 15.0 Å². The first-order chi connectivity index (χ1) is 9.96. The van der Waals surface area contributed by atoms with Crippen molar-refractivity contribution in [2.75, 3.05) is 19.7 Å². The Bertz CT molecular complexity index is 540. The highest BCUT2D eigenvalue weighted by Gasteiger charge is 2.40. The van der Waals surface area contributed by atoms with Gasteiger partial charge >= 0.3 is 0 Å². The Kier molecular flexibility index (Phi) is 4.50. The number of rotatable bonds is 4. The van der Waals surface area contributed by atoms with Crippen LogP contribution in [0.1, 0.15) is 37.6 Å². The van der Waals surface area contributed by atoms with E-state index in [4.69, 9.17) is 4.74 Å². The number of ether oxygens (including phenoxy) is 1. The maximum absolute atomic E-state index is 12.7. The van der Waals surface area contributed by atoms with Crippen molar-refractivity contribution >= 4 is 11.8 Å². The fourth-order valence-electron chi connectivity index (χ4n) is 2.35. The lowest BCUT2D eigenvalue weighted by Gasteiger charge is -2.41. The van der Waals surface area contributed by atoms with Crippen molar-refractivity contribution in [1.29, 1.82) is 0 Å². The van der Waals surface area contributed by atoms with Crippen LogP contribution < -0.4 is 10.1 Å². The number of hydrogen-bond acceptors (Lipinski definition) is 3. The zero-order valence-corrected chi connectivity index (χ0v) is 12.8. The Hall–Kier alpha value is -2.04. The van der Waals surface area contributed by atoms with Crippen LogP contribution in [0.5, 0.6) is 5.75 Å². The molecular formula is C16H22N2O3. The number of carbonyl (C=O) groups is 2. The molecule has 0 saturated carbocycles. The van der Waals surface area contributed by atoms with E-state index in [-0.39, 0.29) is 11.8 Å². The number of nitrogens with one attached hydrogen (secondary N) is 1. The molecule has 1 fully saturated rings. The van der Waals surface area contributed by atoms with Gasteiger partial charge in [-0.05, 0) is 38.5 Å². The van der Waals surface area contributed by atoms with E-state index in [1.54, 1.807) is 36.9 Å². The molecule has 1 aliphatic heterocycles. The van der Waals surface area contributed by atoms with Crippen LogP contribution in [0.15, 0.2) is 24.3 Å². The lowest BCUT2D eigenvalue weighted by atomic mass is 9.97. The third-order valence-electron chi connectivity index (χ3n) is 3.65. The summed E-state index contributed by atoms with van der Waals surface area (Å²) in [5.41, 5.74) is -0.290. The van der Waals surface area contributed by atoms with Crippen LogP contribution in [0.25, 0.3) is 0 Å². The standard InChI is InChI=1S/C16H22N2O3/c1-4-10-21-13-7-5-6-12(11-13)14(19)18-9-8-17-15(20)16(18,2)3/h5-7,11H,4,8-10H2,1-3H3,(H,17,20). The molecule has 5 heteroatoms. The van der Waals surface area contributed by atoms with E-state index in [1.807, 2.05) is 13.0 Å². The topological polar surface area (TPSA) is 58.6 Å². The van der Waals surface area contributed by atoms with Gasteiger partial charge in [-0.15, -0.1) is 0 Å². The number of hydrogen-bond donors (Lipinski definition) is 1. The number of amides is 2. The fourth-order valence-corrected chi connectivity index (χ4v) is 2.35. The van der Waals surface area contributed by atoms with E-state index in [9.17, 15) is 9.59 Å². The van der Waals surface area contributed by atoms with Gasteiger partial charge in [0.25, 0.3) is 5.91 Å². The van der Waals surface area contributed by atoms with Crippen molar-refractivity contribution < 1.29 is 14.3 Å². The Balaban J connectivity index is 2.21. The summed E-state index contributed by atoms with van der Waals surface area (Å²) in [6, 6.07) is 7.13. The van der Waals surface area contributed by atoms with Crippen molar-refractivity contribution in [1.82, 2.24) is 10.2 Å². The van der Waals surface area contributed by atoms with Crippen LogP contribution in [0.3, 0.4) is 0 Å². The molecule has 2 rings (SSSR count). The minimum Gasteiger partial charge on any atom is -0.494 e. The molecule has 114 valence electrons. The van der Waals surface area contributed by atoms with Crippen molar-refractivity contribution in [3.8, 4) is 5.75 Å². The molecule has 0 spiro atoms. The van der Waals surface area contributed by atoms with E-state index < -0.39 is 5.54 Å². The number of carbonyl (C=O) groups excluding carboxylic acids is 2. The largest absolute Gasteiger partial charge is 0.494 e. The predicted octanol–water partition coefficient (Wildman–Crippen LogP) is 1.83. The highest BCUT2D eigenvalue weighted by molar-refractivity contribution is 5.99. The molecule has 1 aromatic carbocycles. The van der Waals surface area contributed by atoms with E-state index in [0.29, 0.717) is 31.0 Å². The molecule has 0 aromatic heterocycles. The molecule has 0 aliphatic carbocycles. The first-order valence-corrected chi connectivity index (χ1v) is 7.30. The number of piperazine rings is 1. The van der Waals surface area contributed by atoms with E-state index >= 15 is 0 Å². The summed E-state index contributed by atoms with van der Waals surface area (Å²) in [6.45, 7) is 7.17. The second-order valence-corrected chi connectivity index (χ2v) is 5.65. The molecule has 2 amide bonds. The van der Waals surface area contributed by atoms with Gasteiger partial charge in [-0.3, -0.25) is 9.59 Å². The summed E-state index contributed by atoms with van der Waals surface area (Å²) in [6.07, 6.45) is 0.914. The molecule has 1 aromatic rings.